The number of piperazine rings is 1. The maximum atomic E-state index is 12.5. The van der Waals surface area contributed by atoms with Gasteiger partial charge in [-0.05, 0) is 26.2 Å². The predicted octanol–water partition coefficient (Wildman–Crippen LogP) is 0.886. The van der Waals surface area contributed by atoms with Crippen LogP contribution in [-0.2, 0) is 15.9 Å². The van der Waals surface area contributed by atoms with Gasteiger partial charge in [0.15, 0.2) is 0 Å². The van der Waals surface area contributed by atoms with Gasteiger partial charge in [-0.3, -0.25) is 4.90 Å². The van der Waals surface area contributed by atoms with E-state index in [0.717, 1.165) is 26.2 Å². The van der Waals surface area contributed by atoms with Crippen LogP contribution in [0.5, 0.6) is 0 Å². The number of nitrogens with zero attached hydrogens (tertiary/aromatic N) is 3. The highest BCUT2D eigenvalue weighted by Crippen LogP contribution is 2.21. The molecule has 1 fully saturated rings. The molecule has 1 aromatic heterocycles. The van der Waals surface area contributed by atoms with E-state index in [4.69, 9.17) is 16.0 Å². The molecule has 0 bridgehead atoms. The standard InChI is InChI=1S/C13H22ClN3O3S/c1-15(2)5-6-16-7-9-17(10-8-16)21(18,19)13-4-3-12(11-14)20-13/h3-4H,5-11H2,1-2H3. The first-order valence-corrected chi connectivity index (χ1v) is 8.93. The maximum absolute atomic E-state index is 12.5. The van der Waals surface area contributed by atoms with Crippen LogP contribution in [0.25, 0.3) is 0 Å². The summed E-state index contributed by atoms with van der Waals surface area (Å²) in [4.78, 5) is 4.40. The minimum atomic E-state index is -3.54. The second-order valence-electron chi connectivity index (χ2n) is 5.40. The zero-order valence-corrected chi connectivity index (χ0v) is 14.0. The van der Waals surface area contributed by atoms with Crippen LogP contribution in [0, 0.1) is 0 Å². The van der Waals surface area contributed by atoms with Crippen molar-refractivity contribution in [2.75, 3.05) is 53.4 Å². The van der Waals surface area contributed by atoms with Crippen LogP contribution in [0.15, 0.2) is 21.6 Å². The van der Waals surface area contributed by atoms with E-state index >= 15 is 0 Å². The fraction of sp³-hybridized carbons (Fsp3) is 0.692. The Balaban J connectivity index is 1.94. The summed E-state index contributed by atoms with van der Waals surface area (Å²) >= 11 is 5.64. The molecule has 0 aromatic carbocycles. The minimum Gasteiger partial charge on any atom is -0.447 e. The van der Waals surface area contributed by atoms with Crippen molar-refractivity contribution in [3.8, 4) is 0 Å². The fourth-order valence-corrected chi connectivity index (χ4v) is 3.73. The first kappa shape index (κ1) is 16.8. The lowest BCUT2D eigenvalue weighted by Gasteiger charge is -2.33. The minimum absolute atomic E-state index is 0.0140. The first-order chi connectivity index (χ1) is 9.93. The average Bonchev–Trinajstić information content (AvgIpc) is 2.95. The molecule has 0 amide bonds. The van der Waals surface area contributed by atoms with E-state index in [1.54, 1.807) is 6.07 Å². The normalized spacial score (nSPS) is 18.5. The van der Waals surface area contributed by atoms with Crippen molar-refractivity contribution in [3.63, 3.8) is 0 Å². The van der Waals surface area contributed by atoms with E-state index in [0.29, 0.717) is 18.8 Å². The number of halogens is 1. The second-order valence-corrected chi connectivity index (χ2v) is 7.54. The van der Waals surface area contributed by atoms with E-state index < -0.39 is 10.0 Å². The molecule has 0 aliphatic carbocycles. The van der Waals surface area contributed by atoms with Crippen molar-refractivity contribution < 1.29 is 12.8 Å². The molecule has 1 aliphatic heterocycles. The van der Waals surface area contributed by atoms with Crippen LogP contribution >= 0.6 is 11.6 Å². The van der Waals surface area contributed by atoms with Crippen molar-refractivity contribution in [2.24, 2.45) is 0 Å². The van der Waals surface area contributed by atoms with Gasteiger partial charge in [0.05, 0.1) is 5.88 Å². The molecule has 1 saturated heterocycles. The van der Waals surface area contributed by atoms with E-state index in [9.17, 15) is 8.42 Å². The zero-order chi connectivity index (χ0) is 15.5. The van der Waals surface area contributed by atoms with Crippen LogP contribution in [0.4, 0.5) is 0 Å². The van der Waals surface area contributed by atoms with Crippen LogP contribution in [0.1, 0.15) is 5.76 Å². The summed E-state index contributed by atoms with van der Waals surface area (Å²) in [5, 5.41) is -0.0140. The predicted molar refractivity (Wildman–Crippen MR) is 82.0 cm³/mol. The molecule has 0 unspecified atom stereocenters. The lowest BCUT2D eigenvalue weighted by Crippen LogP contribution is -2.49. The number of furan rings is 1. The van der Waals surface area contributed by atoms with E-state index in [-0.39, 0.29) is 11.0 Å². The fourth-order valence-electron chi connectivity index (χ4n) is 2.23. The van der Waals surface area contributed by atoms with Crippen molar-refractivity contribution in [1.82, 2.24) is 14.1 Å². The van der Waals surface area contributed by atoms with Crippen LogP contribution in [-0.4, -0.2) is 75.9 Å². The van der Waals surface area contributed by atoms with Gasteiger partial charge in [-0.25, -0.2) is 8.42 Å². The summed E-state index contributed by atoms with van der Waals surface area (Å²) in [5.41, 5.74) is 0. The lowest BCUT2D eigenvalue weighted by molar-refractivity contribution is 0.173. The van der Waals surface area contributed by atoms with Crippen molar-refractivity contribution in [1.29, 1.82) is 0 Å². The van der Waals surface area contributed by atoms with Crippen LogP contribution in [0.3, 0.4) is 0 Å². The SMILES string of the molecule is CN(C)CCN1CCN(S(=O)(=O)c2ccc(CCl)o2)CC1. The van der Waals surface area contributed by atoms with Crippen molar-refractivity contribution in [3.05, 3.63) is 17.9 Å². The monoisotopic (exact) mass is 335 g/mol. The zero-order valence-electron chi connectivity index (χ0n) is 12.5. The van der Waals surface area contributed by atoms with Crippen LogP contribution in [0.2, 0.25) is 0 Å². The van der Waals surface area contributed by atoms with Gasteiger partial charge < -0.3 is 9.32 Å². The van der Waals surface area contributed by atoms with Gasteiger partial charge in [-0.1, -0.05) is 0 Å². The molecule has 0 spiro atoms. The highest BCUT2D eigenvalue weighted by atomic mass is 35.5. The molecule has 0 saturated carbocycles. The third-order valence-electron chi connectivity index (χ3n) is 3.56. The Morgan fingerprint density at radius 1 is 1.24 bits per heavy atom. The number of rotatable bonds is 6. The molecule has 6 nitrogen and oxygen atoms in total. The highest BCUT2D eigenvalue weighted by Gasteiger charge is 2.30. The maximum Gasteiger partial charge on any atom is 0.276 e. The molecule has 0 N–H and O–H groups in total. The Morgan fingerprint density at radius 3 is 2.43 bits per heavy atom. The smallest absolute Gasteiger partial charge is 0.276 e. The van der Waals surface area contributed by atoms with Crippen LogP contribution < -0.4 is 0 Å². The number of alkyl halides is 1. The molecule has 120 valence electrons. The number of hydrogen-bond acceptors (Lipinski definition) is 5. The van der Waals surface area contributed by atoms with E-state index in [1.807, 2.05) is 14.1 Å². The third kappa shape index (κ3) is 4.20. The summed E-state index contributed by atoms with van der Waals surface area (Å²) in [6.07, 6.45) is 0. The Labute approximate surface area is 131 Å². The molecule has 0 atom stereocenters. The molecule has 1 aliphatic rings. The Morgan fingerprint density at radius 2 is 1.90 bits per heavy atom. The molecule has 21 heavy (non-hydrogen) atoms. The van der Waals surface area contributed by atoms with Gasteiger partial charge in [0, 0.05) is 39.3 Å². The summed E-state index contributed by atoms with van der Waals surface area (Å²) in [5.74, 6) is 0.647. The quantitative estimate of drug-likeness (QED) is 0.723. The lowest BCUT2D eigenvalue weighted by atomic mass is 10.3. The highest BCUT2D eigenvalue weighted by molar-refractivity contribution is 7.89. The van der Waals surface area contributed by atoms with E-state index in [1.165, 1.54) is 10.4 Å². The Bertz CT molecular complexity index is 551. The molecule has 0 radical (unpaired) electrons. The Kier molecular flexibility index (Phi) is 5.67. The van der Waals surface area contributed by atoms with Gasteiger partial charge in [-0.15, -0.1) is 11.6 Å². The first-order valence-electron chi connectivity index (χ1n) is 6.95. The average molecular weight is 336 g/mol. The van der Waals surface area contributed by atoms with Gasteiger partial charge in [0.2, 0.25) is 5.09 Å². The van der Waals surface area contributed by atoms with Gasteiger partial charge in [0.25, 0.3) is 10.0 Å². The topological polar surface area (TPSA) is 57.0 Å². The number of sulfonamides is 1. The molecule has 2 heterocycles. The van der Waals surface area contributed by atoms with Gasteiger partial charge in [-0.2, -0.15) is 4.31 Å². The Hall–Kier alpha value is -0.600. The largest absolute Gasteiger partial charge is 0.447 e. The summed E-state index contributed by atoms with van der Waals surface area (Å²) in [7, 11) is 0.533. The summed E-state index contributed by atoms with van der Waals surface area (Å²) in [6.45, 7) is 4.41. The molecular weight excluding hydrogens is 314 g/mol. The molecule has 8 heteroatoms. The number of likely N-dealkylation sites (N-methyl/N-ethyl adjacent to an activating group) is 1. The summed E-state index contributed by atoms with van der Waals surface area (Å²) < 4.78 is 31.7. The third-order valence-corrected chi connectivity index (χ3v) is 5.59. The number of hydrogen-bond donors (Lipinski definition) is 0. The molecule has 1 aromatic rings. The van der Waals surface area contributed by atoms with Crippen molar-refractivity contribution in [2.45, 2.75) is 11.0 Å². The molecular formula is C13H22ClN3O3S. The van der Waals surface area contributed by atoms with Gasteiger partial charge >= 0.3 is 0 Å². The second kappa shape index (κ2) is 7.11. The van der Waals surface area contributed by atoms with Crippen molar-refractivity contribution >= 4 is 21.6 Å². The van der Waals surface area contributed by atoms with Gasteiger partial charge in [0.1, 0.15) is 5.76 Å². The summed E-state index contributed by atoms with van der Waals surface area (Å²) in [6, 6.07) is 3.08. The molecule has 2 rings (SSSR count). The van der Waals surface area contributed by atoms with E-state index in [2.05, 4.69) is 9.80 Å².